The number of thiophene rings is 1. The summed E-state index contributed by atoms with van der Waals surface area (Å²) in [6, 6.07) is 3.90. The lowest BCUT2D eigenvalue weighted by molar-refractivity contribution is -0.0679. The van der Waals surface area contributed by atoms with E-state index in [1.54, 1.807) is 11.3 Å². The Kier molecular flexibility index (Phi) is 8.34. The van der Waals surface area contributed by atoms with E-state index in [0.29, 0.717) is 18.8 Å². The summed E-state index contributed by atoms with van der Waals surface area (Å²) in [7, 11) is 0. The summed E-state index contributed by atoms with van der Waals surface area (Å²) in [4.78, 5) is 7.97. The highest BCUT2D eigenvalue weighted by molar-refractivity contribution is 7.10. The number of nitrogens with one attached hydrogen (secondary N) is 2. The number of ether oxygens (including phenoxy) is 1. The molecule has 7 heteroatoms. The third kappa shape index (κ3) is 6.87. The van der Waals surface area contributed by atoms with Crippen LogP contribution in [0, 0.1) is 0 Å². The van der Waals surface area contributed by atoms with Gasteiger partial charge in [0.1, 0.15) is 5.60 Å². The normalized spacial score (nSPS) is 24.3. The van der Waals surface area contributed by atoms with E-state index >= 15 is 0 Å². The molecule has 26 heavy (non-hydrogen) atoms. The summed E-state index contributed by atoms with van der Waals surface area (Å²) in [6.07, 6.45) is 1.67. The van der Waals surface area contributed by atoms with Crippen LogP contribution in [-0.2, 0) is 10.3 Å². The summed E-state index contributed by atoms with van der Waals surface area (Å²) in [5.41, 5.74) is -0.934. The molecule has 1 aromatic rings. The lowest BCUT2D eigenvalue weighted by Gasteiger charge is -2.35. The lowest BCUT2D eigenvalue weighted by Crippen LogP contribution is -2.46. The maximum atomic E-state index is 10.6. The number of guanidine groups is 1. The molecule has 3 N–H and O–H groups in total. The summed E-state index contributed by atoms with van der Waals surface area (Å²) in [6.45, 7) is 13.2. The number of hydrogen-bond donors (Lipinski definition) is 3. The van der Waals surface area contributed by atoms with Crippen LogP contribution in [0.5, 0.6) is 0 Å². The minimum Gasteiger partial charge on any atom is -0.383 e. The Labute approximate surface area is 161 Å². The van der Waals surface area contributed by atoms with Crippen LogP contribution in [0.25, 0.3) is 0 Å². The van der Waals surface area contributed by atoms with E-state index < -0.39 is 5.60 Å². The zero-order chi connectivity index (χ0) is 19.0. The minimum absolute atomic E-state index is 0.310. The zero-order valence-corrected chi connectivity index (χ0v) is 17.3. The molecule has 0 saturated carbocycles. The highest BCUT2D eigenvalue weighted by Gasteiger charge is 2.24. The number of nitrogens with zero attached hydrogens (tertiary/aromatic N) is 2. The standard InChI is InChI=1S/C19H34N4O2S/c1-5-20-18(22-14-19(4,24)17-8-6-11-26-17)21-9-7-10-23-12-15(2)25-16(3)13-23/h6,8,11,15-16,24H,5,7,9-10,12-14H2,1-4H3,(H2,20,21,22). The van der Waals surface area contributed by atoms with E-state index in [1.165, 1.54) is 0 Å². The third-order valence-electron chi connectivity index (χ3n) is 4.38. The molecule has 0 aliphatic carbocycles. The van der Waals surface area contributed by atoms with Crippen LogP contribution >= 0.6 is 11.3 Å². The number of hydrogen-bond acceptors (Lipinski definition) is 5. The van der Waals surface area contributed by atoms with Crippen LogP contribution in [-0.4, -0.2) is 67.4 Å². The number of aliphatic hydroxyl groups is 1. The summed E-state index contributed by atoms with van der Waals surface area (Å²) in [5.74, 6) is 0.757. The van der Waals surface area contributed by atoms with E-state index in [0.717, 1.165) is 50.0 Å². The average molecular weight is 383 g/mol. The molecule has 3 unspecified atom stereocenters. The molecule has 0 aromatic carbocycles. The first-order valence-electron chi connectivity index (χ1n) is 9.57. The highest BCUT2D eigenvalue weighted by Crippen LogP contribution is 2.25. The molecular formula is C19H34N4O2S. The monoisotopic (exact) mass is 382 g/mol. The van der Waals surface area contributed by atoms with Gasteiger partial charge in [-0.25, -0.2) is 4.99 Å². The number of rotatable bonds is 8. The van der Waals surface area contributed by atoms with Gasteiger partial charge in [0, 0.05) is 37.6 Å². The predicted molar refractivity (Wildman–Crippen MR) is 109 cm³/mol. The van der Waals surface area contributed by atoms with Gasteiger partial charge >= 0.3 is 0 Å². The van der Waals surface area contributed by atoms with Crippen molar-refractivity contribution in [3.63, 3.8) is 0 Å². The molecule has 2 rings (SSSR count). The Hall–Kier alpha value is -1.15. The number of morpholine rings is 1. The van der Waals surface area contributed by atoms with Gasteiger partial charge in [0.2, 0.25) is 0 Å². The highest BCUT2D eigenvalue weighted by atomic mass is 32.1. The fourth-order valence-corrected chi connectivity index (χ4v) is 3.99. The zero-order valence-electron chi connectivity index (χ0n) is 16.5. The van der Waals surface area contributed by atoms with Crippen LogP contribution in [0.4, 0.5) is 0 Å². The van der Waals surface area contributed by atoms with Crippen molar-refractivity contribution in [1.82, 2.24) is 15.5 Å². The second kappa shape index (κ2) is 10.3. The molecule has 0 spiro atoms. The van der Waals surface area contributed by atoms with Gasteiger partial charge in [-0.1, -0.05) is 6.07 Å². The fourth-order valence-electron chi connectivity index (χ4n) is 3.21. The molecule has 1 saturated heterocycles. The van der Waals surface area contributed by atoms with Gasteiger partial charge in [-0.2, -0.15) is 0 Å². The van der Waals surface area contributed by atoms with E-state index in [-0.39, 0.29) is 0 Å². The van der Waals surface area contributed by atoms with Crippen LogP contribution in [0.1, 0.15) is 39.0 Å². The summed E-state index contributed by atoms with van der Waals surface area (Å²) in [5, 5.41) is 19.2. The van der Waals surface area contributed by atoms with Gasteiger partial charge in [-0.3, -0.25) is 4.90 Å². The van der Waals surface area contributed by atoms with Gasteiger partial charge in [-0.15, -0.1) is 11.3 Å². The first-order valence-corrected chi connectivity index (χ1v) is 10.4. The molecule has 1 aliphatic rings. The van der Waals surface area contributed by atoms with Crippen molar-refractivity contribution in [2.45, 2.75) is 51.9 Å². The van der Waals surface area contributed by atoms with Gasteiger partial charge in [-0.05, 0) is 45.6 Å². The largest absolute Gasteiger partial charge is 0.383 e. The molecule has 1 aromatic heterocycles. The molecule has 0 amide bonds. The Balaban J connectivity index is 1.77. The second-order valence-corrected chi connectivity index (χ2v) is 8.19. The molecule has 0 radical (unpaired) electrons. The average Bonchev–Trinajstić information content (AvgIpc) is 3.11. The Morgan fingerprint density at radius 2 is 2.12 bits per heavy atom. The Morgan fingerprint density at radius 1 is 1.38 bits per heavy atom. The first kappa shape index (κ1) is 21.2. The topological polar surface area (TPSA) is 69.1 Å². The van der Waals surface area contributed by atoms with Crippen molar-refractivity contribution in [1.29, 1.82) is 0 Å². The van der Waals surface area contributed by atoms with E-state index in [4.69, 9.17) is 4.74 Å². The molecule has 0 bridgehead atoms. The van der Waals surface area contributed by atoms with E-state index in [1.807, 2.05) is 31.4 Å². The van der Waals surface area contributed by atoms with Gasteiger partial charge in [0.15, 0.2) is 5.96 Å². The quantitative estimate of drug-likeness (QED) is 0.365. The second-order valence-electron chi connectivity index (χ2n) is 7.24. The van der Waals surface area contributed by atoms with Crippen LogP contribution in [0.15, 0.2) is 22.5 Å². The summed E-state index contributed by atoms with van der Waals surface area (Å²) < 4.78 is 5.78. The van der Waals surface area contributed by atoms with E-state index in [2.05, 4.69) is 34.4 Å². The van der Waals surface area contributed by atoms with Crippen molar-refractivity contribution in [3.8, 4) is 0 Å². The van der Waals surface area contributed by atoms with Crippen LogP contribution < -0.4 is 10.6 Å². The number of aliphatic imine (C=N–C) groups is 1. The first-order chi connectivity index (χ1) is 12.4. The van der Waals surface area contributed by atoms with Crippen molar-refractivity contribution < 1.29 is 9.84 Å². The fraction of sp³-hybridized carbons (Fsp3) is 0.737. The minimum atomic E-state index is -0.934. The Bertz CT molecular complexity index is 538. The van der Waals surface area contributed by atoms with Crippen LogP contribution in [0.3, 0.4) is 0 Å². The SMILES string of the molecule is CCNC(=NCC(C)(O)c1cccs1)NCCCN1CC(C)OC(C)C1. The molecule has 3 atom stereocenters. The molecule has 6 nitrogen and oxygen atoms in total. The van der Waals surface area contributed by atoms with Crippen molar-refractivity contribution in [3.05, 3.63) is 22.4 Å². The van der Waals surface area contributed by atoms with Crippen molar-refractivity contribution in [2.24, 2.45) is 4.99 Å². The molecular weight excluding hydrogens is 348 g/mol. The smallest absolute Gasteiger partial charge is 0.191 e. The van der Waals surface area contributed by atoms with Crippen molar-refractivity contribution >= 4 is 17.3 Å². The van der Waals surface area contributed by atoms with Crippen molar-refractivity contribution in [2.75, 3.05) is 39.3 Å². The summed E-state index contributed by atoms with van der Waals surface area (Å²) >= 11 is 1.56. The van der Waals surface area contributed by atoms with E-state index in [9.17, 15) is 5.11 Å². The van der Waals surface area contributed by atoms with Gasteiger partial charge < -0.3 is 20.5 Å². The molecule has 148 valence electrons. The molecule has 2 heterocycles. The maximum absolute atomic E-state index is 10.6. The Morgan fingerprint density at radius 3 is 2.73 bits per heavy atom. The lowest BCUT2D eigenvalue weighted by atomic mass is 10.1. The van der Waals surface area contributed by atoms with Gasteiger partial charge in [0.05, 0.1) is 18.8 Å². The molecule has 1 aliphatic heterocycles. The van der Waals surface area contributed by atoms with Crippen LogP contribution in [0.2, 0.25) is 0 Å². The predicted octanol–water partition coefficient (Wildman–Crippen LogP) is 2.01. The maximum Gasteiger partial charge on any atom is 0.191 e. The van der Waals surface area contributed by atoms with Gasteiger partial charge in [0.25, 0.3) is 0 Å². The third-order valence-corrected chi connectivity index (χ3v) is 5.50. The molecule has 1 fully saturated rings.